The average molecular weight is 353 g/mol. The van der Waals surface area contributed by atoms with E-state index in [1.54, 1.807) is 13.8 Å². The van der Waals surface area contributed by atoms with Crippen LogP contribution in [-0.2, 0) is 9.53 Å². The van der Waals surface area contributed by atoms with Crippen molar-refractivity contribution in [3.63, 3.8) is 0 Å². The Bertz CT molecular complexity index is 744. The summed E-state index contributed by atoms with van der Waals surface area (Å²) in [5.41, 5.74) is -0.173. The minimum atomic E-state index is -1.40. The molecule has 0 amide bonds. The number of hydrogen-bond acceptors (Lipinski definition) is 4. The Morgan fingerprint density at radius 1 is 1.58 bits per heavy atom. The maximum absolute atomic E-state index is 13.4. The number of halogens is 2. The highest BCUT2D eigenvalue weighted by atomic mass is 35.5. The Kier molecular flexibility index (Phi) is 5.16. The van der Waals surface area contributed by atoms with Crippen molar-refractivity contribution in [2.45, 2.75) is 25.8 Å². The lowest BCUT2D eigenvalue weighted by molar-refractivity contribution is -0.152. The molecular weight excluding hydrogens is 335 g/mol. The number of ether oxygens (including phenoxy) is 1. The second-order valence-corrected chi connectivity index (χ2v) is 6.40. The number of hydrogen-bond donors (Lipinski definition) is 2. The first kappa shape index (κ1) is 18.2. The summed E-state index contributed by atoms with van der Waals surface area (Å²) < 4.78 is 18.6. The molecule has 0 saturated carbocycles. The van der Waals surface area contributed by atoms with Crippen molar-refractivity contribution >= 4 is 17.6 Å². The van der Waals surface area contributed by atoms with Crippen molar-refractivity contribution in [2.24, 2.45) is 5.41 Å². The number of nitrogens with zero attached hydrogens (tertiary/aromatic N) is 1. The highest BCUT2D eigenvalue weighted by Gasteiger charge is 2.54. The Hall–Kier alpha value is -2.10. The number of rotatable bonds is 4. The van der Waals surface area contributed by atoms with E-state index in [4.69, 9.17) is 16.3 Å². The van der Waals surface area contributed by atoms with E-state index in [2.05, 4.69) is 11.4 Å². The molecule has 1 aromatic rings. The number of aliphatic carboxylic acids is 1. The quantitative estimate of drug-likeness (QED) is 0.870. The molecule has 0 spiro atoms. The summed E-state index contributed by atoms with van der Waals surface area (Å²) in [5, 5.41) is 22.7. The van der Waals surface area contributed by atoms with Crippen LogP contribution in [0.15, 0.2) is 29.5 Å². The first-order valence-corrected chi connectivity index (χ1v) is 7.69. The van der Waals surface area contributed by atoms with Crippen molar-refractivity contribution in [1.82, 2.24) is 5.32 Å². The third-order valence-electron chi connectivity index (χ3n) is 4.60. The Labute approximate surface area is 144 Å². The maximum atomic E-state index is 13.4. The van der Waals surface area contributed by atoms with Gasteiger partial charge in [-0.05, 0) is 31.5 Å². The molecule has 1 aliphatic rings. The van der Waals surface area contributed by atoms with Crippen molar-refractivity contribution in [1.29, 1.82) is 5.26 Å². The van der Waals surface area contributed by atoms with Crippen molar-refractivity contribution in [3.8, 4) is 6.07 Å². The smallest absolute Gasteiger partial charge is 0.312 e. The van der Waals surface area contributed by atoms with Gasteiger partial charge in [-0.2, -0.15) is 5.26 Å². The van der Waals surface area contributed by atoms with Crippen LogP contribution in [0.25, 0.3) is 0 Å². The maximum Gasteiger partial charge on any atom is 0.312 e. The zero-order valence-corrected chi connectivity index (χ0v) is 14.3. The van der Waals surface area contributed by atoms with Crippen molar-refractivity contribution in [2.75, 3.05) is 13.7 Å². The van der Waals surface area contributed by atoms with Crippen LogP contribution < -0.4 is 5.32 Å². The Morgan fingerprint density at radius 3 is 2.75 bits per heavy atom. The standard InChI is InChI=1S/C17H18ClFN2O3/c1-9-12(7-20)15(11-5-4-10(19)6-13(11)18)17(2,16(22)23)14(21-9)8-24-3/h4-6,14-15,21H,8H2,1-3H3,(H,22,23). The fourth-order valence-electron chi connectivity index (χ4n) is 3.22. The van der Waals surface area contributed by atoms with E-state index in [0.717, 1.165) is 6.07 Å². The summed E-state index contributed by atoms with van der Waals surface area (Å²) in [6.07, 6.45) is 0. The minimum absolute atomic E-state index is 0.0890. The number of carboxylic acids is 1. The lowest BCUT2D eigenvalue weighted by atomic mass is 9.63. The normalized spacial score (nSPS) is 26.7. The predicted molar refractivity (Wildman–Crippen MR) is 87.0 cm³/mol. The van der Waals surface area contributed by atoms with Gasteiger partial charge in [0.1, 0.15) is 5.82 Å². The Balaban J connectivity index is 2.75. The van der Waals surface area contributed by atoms with Crippen LogP contribution >= 0.6 is 11.6 Å². The SMILES string of the molecule is COCC1NC(C)=C(C#N)C(c2ccc(F)cc2Cl)C1(C)C(=O)O. The fourth-order valence-corrected chi connectivity index (χ4v) is 3.50. The van der Waals surface area contributed by atoms with Crippen LogP contribution in [0.3, 0.4) is 0 Å². The van der Waals surface area contributed by atoms with Crippen molar-refractivity contribution in [3.05, 3.63) is 45.9 Å². The number of nitrogens with one attached hydrogen (secondary N) is 1. The summed E-state index contributed by atoms with van der Waals surface area (Å²) in [5.74, 6) is -2.44. The number of nitriles is 1. The van der Waals surface area contributed by atoms with Gasteiger partial charge < -0.3 is 15.2 Å². The number of allylic oxidation sites excluding steroid dienone is 2. The van der Waals surface area contributed by atoms with Crippen LogP contribution in [-0.4, -0.2) is 30.8 Å². The third-order valence-corrected chi connectivity index (χ3v) is 4.92. The molecule has 0 bridgehead atoms. The monoisotopic (exact) mass is 352 g/mol. The lowest BCUT2D eigenvalue weighted by Gasteiger charge is -2.45. The van der Waals surface area contributed by atoms with Gasteiger partial charge in [0.2, 0.25) is 0 Å². The van der Waals surface area contributed by atoms with E-state index in [-0.39, 0.29) is 17.2 Å². The van der Waals surface area contributed by atoms with Gasteiger partial charge >= 0.3 is 5.97 Å². The molecule has 2 N–H and O–H groups in total. The number of benzene rings is 1. The molecule has 1 aliphatic heterocycles. The molecule has 3 unspecified atom stereocenters. The summed E-state index contributed by atoms with van der Waals surface area (Å²) >= 11 is 6.17. The average Bonchev–Trinajstić information content (AvgIpc) is 2.51. The Morgan fingerprint density at radius 2 is 2.25 bits per heavy atom. The summed E-state index contributed by atoms with van der Waals surface area (Å²) in [6, 6.07) is 5.26. The number of carboxylic acid groups (broad SMARTS) is 1. The molecule has 24 heavy (non-hydrogen) atoms. The second-order valence-electron chi connectivity index (χ2n) is 5.99. The predicted octanol–water partition coefficient (Wildman–Crippen LogP) is 3.07. The van der Waals surface area contributed by atoms with Gasteiger partial charge in [0.05, 0.1) is 29.7 Å². The molecule has 1 heterocycles. The van der Waals surface area contributed by atoms with Gasteiger partial charge in [0.25, 0.3) is 0 Å². The third kappa shape index (κ3) is 2.85. The van der Waals surface area contributed by atoms with E-state index < -0.39 is 29.2 Å². The topological polar surface area (TPSA) is 82.3 Å². The molecule has 128 valence electrons. The number of methoxy groups -OCH3 is 1. The molecule has 5 nitrogen and oxygen atoms in total. The fraction of sp³-hybridized carbons (Fsp3) is 0.412. The number of carbonyl (C=O) groups is 1. The van der Waals surface area contributed by atoms with Crippen LogP contribution in [0, 0.1) is 22.6 Å². The van der Waals surface area contributed by atoms with E-state index in [9.17, 15) is 19.6 Å². The highest BCUT2D eigenvalue weighted by molar-refractivity contribution is 6.31. The molecule has 3 atom stereocenters. The molecular formula is C17H18ClFN2O3. The summed E-state index contributed by atoms with van der Waals surface area (Å²) in [4.78, 5) is 12.1. The highest BCUT2D eigenvalue weighted by Crippen LogP contribution is 2.49. The zero-order chi connectivity index (χ0) is 18.1. The largest absolute Gasteiger partial charge is 0.481 e. The molecule has 0 saturated heterocycles. The molecule has 0 aliphatic carbocycles. The van der Waals surface area contributed by atoms with Gasteiger partial charge in [0.15, 0.2) is 0 Å². The second kappa shape index (κ2) is 6.80. The summed E-state index contributed by atoms with van der Waals surface area (Å²) in [7, 11) is 1.47. The lowest BCUT2D eigenvalue weighted by Crippen LogP contribution is -2.57. The molecule has 0 radical (unpaired) electrons. The van der Waals surface area contributed by atoms with E-state index in [1.807, 2.05) is 0 Å². The van der Waals surface area contributed by atoms with Crippen LogP contribution in [0.5, 0.6) is 0 Å². The van der Waals surface area contributed by atoms with E-state index in [1.165, 1.54) is 19.2 Å². The van der Waals surface area contributed by atoms with Gasteiger partial charge in [-0.15, -0.1) is 0 Å². The zero-order valence-electron chi connectivity index (χ0n) is 13.6. The first-order valence-electron chi connectivity index (χ1n) is 7.32. The van der Waals surface area contributed by atoms with Gasteiger partial charge in [-0.25, -0.2) is 4.39 Å². The minimum Gasteiger partial charge on any atom is -0.481 e. The molecule has 0 fully saturated rings. The first-order chi connectivity index (χ1) is 11.3. The van der Waals surface area contributed by atoms with Gasteiger partial charge in [0, 0.05) is 23.7 Å². The van der Waals surface area contributed by atoms with Crippen LogP contribution in [0.1, 0.15) is 25.3 Å². The molecule has 2 rings (SSSR count). The molecule has 1 aromatic carbocycles. The van der Waals surface area contributed by atoms with Crippen LogP contribution in [0.4, 0.5) is 4.39 Å². The van der Waals surface area contributed by atoms with Crippen LogP contribution in [0.2, 0.25) is 5.02 Å². The summed E-state index contributed by atoms with van der Waals surface area (Å²) in [6.45, 7) is 3.38. The van der Waals surface area contributed by atoms with Gasteiger partial charge in [-0.1, -0.05) is 17.7 Å². The van der Waals surface area contributed by atoms with E-state index in [0.29, 0.717) is 11.3 Å². The van der Waals surface area contributed by atoms with Gasteiger partial charge in [-0.3, -0.25) is 4.79 Å². The van der Waals surface area contributed by atoms with E-state index >= 15 is 0 Å². The molecule has 7 heteroatoms. The van der Waals surface area contributed by atoms with Crippen molar-refractivity contribution < 1.29 is 19.0 Å². The molecule has 0 aromatic heterocycles.